The van der Waals surface area contributed by atoms with Gasteiger partial charge in [0.25, 0.3) is 0 Å². The highest BCUT2D eigenvalue weighted by molar-refractivity contribution is 5.75. The lowest BCUT2D eigenvalue weighted by Crippen LogP contribution is -2.32. The molecule has 0 spiro atoms. The summed E-state index contributed by atoms with van der Waals surface area (Å²) in [7, 11) is 1.96. The zero-order valence-electron chi connectivity index (χ0n) is 11.2. The van der Waals surface area contributed by atoms with E-state index in [-0.39, 0.29) is 11.9 Å². The molecule has 0 saturated carbocycles. The second-order valence-electron chi connectivity index (χ2n) is 4.59. The lowest BCUT2D eigenvalue weighted by molar-refractivity contribution is -0.122. The van der Waals surface area contributed by atoms with E-state index in [9.17, 15) is 4.79 Å². The molecule has 1 amide bonds. The molecular formula is C13H23N3O. The van der Waals surface area contributed by atoms with Crippen molar-refractivity contribution in [2.45, 2.75) is 45.8 Å². The zero-order valence-corrected chi connectivity index (χ0v) is 11.2. The van der Waals surface area contributed by atoms with Crippen LogP contribution in [-0.4, -0.2) is 23.6 Å². The fourth-order valence-corrected chi connectivity index (χ4v) is 1.90. The van der Waals surface area contributed by atoms with Crippen LogP contribution < -0.4 is 10.6 Å². The molecule has 2 N–H and O–H groups in total. The Kier molecular flexibility index (Phi) is 5.22. The summed E-state index contributed by atoms with van der Waals surface area (Å²) in [5, 5.41) is 6.14. The largest absolute Gasteiger partial charge is 0.352 e. The number of nitrogens with one attached hydrogen (secondary N) is 2. The Morgan fingerprint density at radius 1 is 1.47 bits per heavy atom. The Bertz CT molecular complexity index is 353. The van der Waals surface area contributed by atoms with Crippen molar-refractivity contribution in [3.8, 4) is 0 Å². The van der Waals surface area contributed by atoms with Crippen molar-refractivity contribution < 1.29 is 4.79 Å². The molecule has 0 saturated heterocycles. The van der Waals surface area contributed by atoms with Gasteiger partial charge in [-0.1, -0.05) is 6.92 Å². The Labute approximate surface area is 103 Å². The molecule has 1 heterocycles. The van der Waals surface area contributed by atoms with E-state index in [1.165, 1.54) is 5.56 Å². The molecule has 0 aromatic carbocycles. The first-order valence-electron chi connectivity index (χ1n) is 6.19. The topological polar surface area (TPSA) is 46.1 Å². The average molecular weight is 237 g/mol. The lowest BCUT2D eigenvalue weighted by Gasteiger charge is -2.12. The summed E-state index contributed by atoms with van der Waals surface area (Å²) in [6, 6.07) is 2.62. The van der Waals surface area contributed by atoms with Gasteiger partial charge < -0.3 is 15.2 Å². The summed E-state index contributed by atoms with van der Waals surface area (Å²) >= 11 is 0. The van der Waals surface area contributed by atoms with Gasteiger partial charge in [-0.3, -0.25) is 4.79 Å². The number of carbonyl (C=O) groups excluding carboxylic acids is 1. The van der Waals surface area contributed by atoms with E-state index >= 15 is 0 Å². The molecule has 1 atom stereocenters. The van der Waals surface area contributed by atoms with Crippen molar-refractivity contribution >= 4 is 5.91 Å². The normalized spacial score (nSPS) is 12.8. The van der Waals surface area contributed by atoms with Crippen molar-refractivity contribution in [3.05, 3.63) is 24.0 Å². The van der Waals surface area contributed by atoms with Gasteiger partial charge in [0.05, 0.1) is 0 Å². The Morgan fingerprint density at radius 3 is 2.71 bits per heavy atom. The van der Waals surface area contributed by atoms with Crippen LogP contribution in [0.4, 0.5) is 0 Å². The first kappa shape index (κ1) is 13.8. The van der Waals surface area contributed by atoms with E-state index in [1.54, 1.807) is 0 Å². The molecule has 4 heteroatoms. The van der Waals surface area contributed by atoms with Gasteiger partial charge in [-0.2, -0.15) is 0 Å². The van der Waals surface area contributed by atoms with E-state index in [4.69, 9.17) is 0 Å². The molecule has 1 rings (SSSR count). The molecule has 0 aliphatic carbocycles. The van der Waals surface area contributed by atoms with Crippen molar-refractivity contribution in [2.24, 2.45) is 0 Å². The third-order valence-electron chi connectivity index (χ3n) is 2.71. The number of nitrogens with zero attached hydrogens (tertiary/aromatic N) is 1. The summed E-state index contributed by atoms with van der Waals surface area (Å²) in [6.07, 6.45) is 5.03. The molecule has 1 aromatic heterocycles. The molecule has 1 unspecified atom stereocenters. The van der Waals surface area contributed by atoms with E-state index in [0.29, 0.717) is 12.6 Å². The second kappa shape index (κ2) is 6.45. The number of rotatable bonds is 6. The highest BCUT2D eigenvalue weighted by Crippen LogP contribution is 2.15. The molecule has 1 aromatic rings. The SMILES string of the molecule is CCC(NC)c1ccn(CC(=O)NC(C)C)c1. The minimum absolute atomic E-state index is 0.0552. The van der Waals surface area contributed by atoms with Crippen LogP contribution in [0, 0.1) is 0 Å². The smallest absolute Gasteiger partial charge is 0.240 e. The average Bonchev–Trinajstić information content (AvgIpc) is 2.67. The fraction of sp³-hybridized carbons (Fsp3) is 0.615. The molecule has 17 heavy (non-hydrogen) atoms. The lowest BCUT2D eigenvalue weighted by atomic mass is 10.1. The monoisotopic (exact) mass is 237 g/mol. The minimum atomic E-state index is 0.0552. The van der Waals surface area contributed by atoms with Crippen LogP contribution in [0.3, 0.4) is 0 Å². The standard InChI is InChI=1S/C13H23N3O/c1-5-12(14-4)11-6-7-16(8-11)9-13(17)15-10(2)3/h6-8,10,12,14H,5,9H2,1-4H3,(H,15,17). The maximum Gasteiger partial charge on any atom is 0.240 e. The zero-order chi connectivity index (χ0) is 12.8. The number of carbonyl (C=O) groups is 1. The molecule has 0 fully saturated rings. The van der Waals surface area contributed by atoms with Gasteiger partial charge in [0, 0.05) is 24.5 Å². The van der Waals surface area contributed by atoms with Crippen LogP contribution in [0.2, 0.25) is 0 Å². The maximum atomic E-state index is 11.6. The van der Waals surface area contributed by atoms with Crippen molar-refractivity contribution in [1.29, 1.82) is 0 Å². The molecule has 0 radical (unpaired) electrons. The minimum Gasteiger partial charge on any atom is -0.352 e. The van der Waals surface area contributed by atoms with Gasteiger partial charge in [0.15, 0.2) is 0 Å². The van der Waals surface area contributed by atoms with Crippen LogP contribution in [0.15, 0.2) is 18.5 Å². The quantitative estimate of drug-likeness (QED) is 0.791. The van der Waals surface area contributed by atoms with Crippen molar-refractivity contribution in [2.75, 3.05) is 7.05 Å². The highest BCUT2D eigenvalue weighted by atomic mass is 16.2. The molecular weight excluding hydrogens is 214 g/mol. The molecule has 0 bridgehead atoms. The van der Waals surface area contributed by atoms with E-state index < -0.39 is 0 Å². The van der Waals surface area contributed by atoms with Gasteiger partial charge in [-0.15, -0.1) is 0 Å². The van der Waals surface area contributed by atoms with E-state index in [0.717, 1.165) is 6.42 Å². The first-order chi connectivity index (χ1) is 8.06. The molecule has 0 aliphatic rings. The third-order valence-corrected chi connectivity index (χ3v) is 2.71. The van der Waals surface area contributed by atoms with Crippen LogP contribution in [-0.2, 0) is 11.3 Å². The predicted molar refractivity (Wildman–Crippen MR) is 69.8 cm³/mol. The van der Waals surface area contributed by atoms with Crippen LogP contribution in [0.25, 0.3) is 0 Å². The van der Waals surface area contributed by atoms with E-state index in [1.807, 2.05) is 37.9 Å². The molecule has 0 aliphatic heterocycles. The van der Waals surface area contributed by atoms with Crippen molar-refractivity contribution in [1.82, 2.24) is 15.2 Å². The summed E-state index contributed by atoms with van der Waals surface area (Å²) in [4.78, 5) is 11.6. The molecule has 96 valence electrons. The first-order valence-corrected chi connectivity index (χ1v) is 6.19. The maximum absolute atomic E-state index is 11.6. The second-order valence-corrected chi connectivity index (χ2v) is 4.59. The Morgan fingerprint density at radius 2 is 2.18 bits per heavy atom. The van der Waals surface area contributed by atoms with Gasteiger partial charge >= 0.3 is 0 Å². The van der Waals surface area contributed by atoms with Gasteiger partial charge in [0.1, 0.15) is 6.54 Å². The summed E-state index contributed by atoms with van der Waals surface area (Å²) in [5.74, 6) is 0.0552. The molecule has 4 nitrogen and oxygen atoms in total. The van der Waals surface area contributed by atoms with Crippen LogP contribution in [0.1, 0.15) is 38.8 Å². The fourth-order valence-electron chi connectivity index (χ4n) is 1.90. The number of amides is 1. The highest BCUT2D eigenvalue weighted by Gasteiger charge is 2.09. The van der Waals surface area contributed by atoms with Crippen LogP contribution in [0.5, 0.6) is 0 Å². The van der Waals surface area contributed by atoms with Crippen molar-refractivity contribution in [3.63, 3.8) is 0 Å². The van der Waals surface area contributed by atoms with Crippen LogP contribution >= 0.6 is 0 Å². The Balaban J connectivity index is 2.59. The summed E-state index contributed by atoms with van der Waals surface area (Å²) < 4.78 is 1.92. The summed E-state index contributed by atoms with van der Waals surface area (Å²) in [5.41, 5.74) is 1.23. The van der Waals surface area contributed by atoms with Gasteiger partial charge in [0.2, 0.25) is 5.91 Å². The third kappa shape index (κ3) is 4.23. The number of aromatic nitrogens is 1. The number of hydrogen-bond acceptors (Lipinski definition) is 2. The Hall–Kier alpha value is -1.29. The van der Waals surface area contributed by atoms with Gasteiger partial charge in [-0.05, 0) is 38.9 Å². The van der Waals surface area contributed by atoms with E-state index in [2.05, 4.69) is 23.6 Å². The number of hydrogen-bond donors (Lipinski definition) is 2. The predicted octanol–water partition coefficient (Wildman–Crippen LogP) is 1.68. The van der Waals surface area contributed by atoms with Gasteiger partial charge in [-0.25, -0.2) is 0 Å². The summed E-state index contributed by atoms with van der Waals surface area (Å²) in [6.45, 7) is 6.46.